The summed E-state index contributed by atoms with van der Waals surface area (Å²) in [6, 6.07) is 12.6. The molecular formula is C25H30ClNO2. The van der Waals surface area contributed by atoms with E-state index in [0.717, 1.165) is 40.8 Å². The van der Waals surface area contributed by atoms with E-state index in [4.69, 9.17) is 16.3 Å². The lowest BCUT2D eigenvalue weighted by Gasteiger charge is -2.29. The van der Waals surface area contributed by atoms with E-state index >= 15 is 0 Å². The molecule has 0 radical (unpaired) electrons. The molecule has 1 aliphatic heterocycles. The zero-order valence-corrected chi connectivity index (χ0v) is 17.9. The van der Waals surface area contributed by atoms with E-state index in [1.165, 1.54) is 49.7 Å². The summed E-state index contributed by atoms with van der Waals surface area (Å²) in [5.74, 6) is 2.48. The number of nitrogens with one attached hydrogen (secondary N) is 1. The van der Waals surface area contributed by atoms with Gasteiger partial charge in [0.2, 0.25) is 5.91 Å². The number of carbonyl (C=O) groups is 1. The number of benzene rings is 2. The van der Waals surface area contributed by atoms with Crippen LogP contribution in [0.25, 0.3) is 0 Å². The van der Waals surface area contributed by atoms with Crippen molar-refractivity contribution in [2.75, 3.05) is 12.4 Å². The Morgan fingerprint density at radius 1 is 1.10 bits per heavy atom. The van der Waals surface area contributed by atoms with Crippen LogP contribution in [0, 0.1) is 5.92 Å². The molecule has 1 heterocycles. The molecule has 0 saturated heterocycles. The van der Waals surface area contributed by atoms with Gasteiger partial charge in [-0.25, -0.2) is 0 Å². The number of halogens is 1. The van der Waals surface area contributed by atoms with Crippen LogP contribution in [0.15, 0.2) is 36.4 Å². The molecule has 29 heavy (non-hydrogen) atoms. The number of methoxy groups -OCH3 is 1. The third-order valence-corrected chi connectivity index (χ3v) is 6.90. The summed E-state index contributed by atoms with van der Waals surface area (Å²) in [6.45, 7) is 0. The molecule has 154 valence electrons. The van der Waals surface area contributed by atoms with Gasteiger partial charge in [0, 0.05) is 17.0 Å². The van der Waals surface area contributed by atoms with E-state index in [0.29, 0.717) is 12.3 Å². The zero-order valence-electron chi connectivity index (χ0n) is 17.2. The van der Waals surface area contributed by atoms with Gasteiger partial charge in [-0.3, -0.25) is 4.79 Å². The summed E-state index contributed by atoms with van der Waals surface area (Å²) in [4.78, 5) is 11.9. The first-order valence-corrected chi connectivity index (χ1v) is 11.3. The average molecular weight is 412 g/mol. The number of anilines is 1. The predicted molar refractivity (Wildman–Crippen MR) is 119 cm³/mol. The summed E-state index contributed by atoms with van der Waals surface area (Å²) >= 11 is 6.16. The van der Waals surface area contributed by atoms with E-state index < -0.39 is 0 Å². The minimum atomic E-state index is 0.117. The monoisotopic (exact) mass is 411 g/mol. The number of hydrogen-bond acceptors (Lipinski definition) is 2. The highest BCUT2D eigenvalue weighted by molar-refractivity contribution is 6.30. The van der Waals surface area contributed by atoms with Crippen molar-refractivity contribution in [3.8, 4) is 5.75 Å². The minimum absolute atomic E-state index is 0.117. The molecule has 2 aromatic carbocycles. The highest BCUT2D eigenvalue weighted by atomic mass is 35.5. The maximum Gasteiger partial charge on any atom is 0.224 e. The van der Waals surface area contributed by atoms with Crippen molar-refractivity contribution in [1.82, 2.24) is 0 Å². The Morgan fingerprint density at radius 2 is 1.93 bits per heavy atom. The lowest BCUT2D eigenvalue weighted by Crippen LogP contribution is -2.21. The second-order valence-electron chi connectivity index (χ2n) is 8.49. The quantitative estimate of drug-likeness (QED) is 0.586. The molecule has 0 unspecified atom stereocenters. The zero-order chi connectivity index (χ0) is 20.2. The van der Waals surface area contributed by atoms with Crippen LogP contribution in [-0.4, -0.2) is 13.0 Å². The molecule has 4 rings (SSSR count). The lowest BCUT2D eigenvalue weighted by atomic mass is 9.77. The van der Waals surface area contributed by atoms with Crippen molar-refractivity contribution in [2.24, 2.45) is 5.92 Å². The Hall–Kier alpha value is -2.00. The Bertz CT molecular complexity index is 871. The normalized spacial score (nSPS) is 21.4. The van der Waals surface area contributed by atoms with Gasteiger partial charge in [-0.1, -0.05) is 36.2 Å². The topological polar surface area (TPSA) is 38.3 Å². The number of fused-ring (bicyclic) bond motifs is 1. The van der Waals surface area contributed by atoms with Gasteiger partial charge in [-0.15, -0.1) is 0 Å². The maximum absolute atomic E-state index is 11.9. The molecule has 2 aromatic rings. The smallest absolute Gasteiger partial charge is 0.224 e. The molecule has 1 saturated carbocycles. The number of rotatable bonds is 6. The Labute approximate surface area is 178 Å². The molecule has 0 spiro atoms. The number of ether oxygens (including phenoxy) is 1. The molecule has 0 bridgehead atoms. The molecule has 2 aliphatic rings. The van der Waals surface area contributed by atoms with Gasteiger partial charge in [-0.05, 0) is 86.1 Å². The fourth-order valence-corrected chi connectivity index (χ4v) is 5.25. The fraction of sp³-hybridized carbons (Fsp3) is 0.480. The van der Waals surface area contributed by atoms with Crippen LogP contribution in [0.1, 0.15) is 67.6 Å². The average Bonchev–Trinajstić information content (AvgIpc) is 2.74. The third-order valence-electron chi connectivity index (χ3n) is 6.67. The number of aryl methyl sites for hydroxylation is 1. The molecule has 4 heteroatoms. The fourth-order valence-electron chi connectivity index (χ4n) is 5.05. The summed E-state index contributed by atoms with van der Waals surface area (Å²) in [7, 11) is 1.70. The van der Waals surface area contributed by atoms with Gasteiger partial charge in [-0.2, -0.15) is 0 Å². The van der Waals surface area contributed by atoms with Crippen molar-refractivity contribution >= 4 is 23.2 Å². The van der Waals surface area contributed by atoms with Crippen molar-refractivity contribution in [1.29, 1.82) is 0 Å². The molecule has 0 atom stereocenters. The molecule has 3 nitrogen and oxygen atoms in total. The van der Waals surface area contributed by atoms with Crippen LogP contribution in [0.5, 0.6) is 5.75 Å². The standard InChI is InChI=1S/C25H30ClNO2/c1-29-23-14-12-19(25-22(23)13-15-24(28)27-25)5-2-4-17-8-10-18(11-9-17)20-6-3-7-21(26)16-20/h3,6-7,12,14,16-18H,2,4-5,8-11,13,15H2,1H3,(H,27,28). The van der Waals surface area contributed by atoms with E-state index in [-0.39, 0.29) is 5.91 Å². The van der Waals surface area contributed by atoms with Gasteiger partial charge < -0.3 is 10.1 Å². The SMILES string of the molecule is COc1ccc(CCCC2CCC(c3cccc(Cl)c3)CC2)c2c1CCC(=O)N2. The van der Waals surface area contributed by atoms with Crippen LogP contribution in [-0.2, 0) is 17.6 Å². The van der Waals surface area contributed by atoms with Gasteiger partial charge in [0.1, 0.15) is 5.75 Å². The van der Waals surface area contributed by atoms with Crippen molar-refractivity contribution in [2.45, 2.75) is 63.7 Å². The summed E-state index contributed by atoms with van der Waals surface area (Å²) in [6.07, 6.45) is 9.88. The maximum atomic E-state index is 11.9. The third kappa shape index (κ3) is 4.78. The Morgan fingerprint density at radius 3 is 2.69 bits per heavy atom. The van der Waals surface area contributed by atoms with Crippen LogP contribution in [0.3, 0.4) is 0 Å². The van der Waals surface area contributed by atoms with E-state index in [9.17, 15) is 4.79 Å². The van der Waals surface area contributed by atoms with Crippen LogP contribution in [0.2, 0.25) is 5.02 Å². The Balaban J connectivity index is 1.31. The van der Waals surface area contributed by atoms with Gasteiger partial charge in [0.05, 0.1) is 12.8 Å². The predicted octanol–water partition coefficient (Wildman–Crippen LogP) is 6.53. The number of hydrogen-bond donors (Lipinski definition) is 1. The Kier molecular flexibility index (Phi) is 6.44. The first-order valence-electron chi connectivity index (χ1n) is 10.9. The molecule has 1 N–H and O–H groups in total. The lowest BCUT2D eigenvalue weighted by molar-refractivity contribution is -0.116. The summed E-state index contributed by atoms with van der Waals surface area (Å²) < 4.78 is 5.50. The van der Waals surface area contributed by atoms with Crippen molar-refractivity contribution in [3.05, 3.63) is 58.1 Å². The van der Waals surface area contributed by atoms with Crippen LogP contribution < -0.4 is 10.1 Å². The summed E-state index contributed by atoms with van der Waals surface area (Å²) in [5.41, 5.74) is 4.81. The molecular weight excluding hydrogens is 382 g/mol. The van der Waals surface area contributed by atoms with Crippen molar-refractivity contribution in [3.63, 3.8) is 0 Å². The first-order chi connectivity index (χ1) is 14.1. The van der Waals surface area contributed by atoms with E-state index in [1.54, 1.807) is 7.11 Å². The minimum Gasteiger partial charge on any atom is -0.496 e. The first kappa shape index (κ1) is 20.3. The second kappa shape index (κ2) is 9.21. The number of amides is 1. The van der Waals surface area contributed by atoms with Crippen molar-refractivity contribution < 1.29 is 9.53 Å². The number of carbonyl (C=O) groups excluding carboxylic acids is 1. The largest absolute Gasteiger partial charge is 0.496 e. The van der Waals surface area contributed by atoms with Crippen LogP contribution >= 0.6 is 11.6 Å². The highest BCUT2D eigenvalue weighted by Gasteiger charge is 2.24. The summed E-state index contributed by atoms with van der Waals surface area (Å²) in [5, 5.41) is 3.94. The molecule has 1 amide bonds. The molecule has 1 aliphatic carbocycles. The van der Waals surface area contributed by atoms with Crippen LogP contribution in [0.4, 0.5) is 5.69 Å². The van der Waals surface area contributed by atoms with E-state index in [1.807, 2.05) is 6.07 Å². The molecule has 0 aromatic heterocycles. The van der Waals surface area contributed by atoms with E-state index in [2.05, 4.69) is 35.6 Å². The van der Waals surface area contributed by atoms with Gasteiger partial charge in [0.25, 0.3) is 0 Å². The molecule has 1 fully saturated rings. The van der Waals surface area contributed by atoms with Gasteiger partial charge in [0.15, 0.2) is 0 Å². The second-order valence-corrected chi connectivity index (χ2v) is 8.93. The van der Waals surface area contributed by atoms with Gasteiger partial charge >= 0.3 is 0 Å². The highest BCUT2D eigenvalue weighted by Crippen LogP contribution is 2.39.